The van der Waals surface area contributed by atoms with Gasteiger partial charge in [0.2, 0.25) is 0 Å². The molecule has 0 saturated heterocycles. The van der Waals surface area contributed by atoms with Crippen LogP contribution in [0.15, 0.2) is 46.1 Å². The molecule has 0 aliphatic carbocycles. The zero-order valence-corrected chi connectivity index (χ0v) is 9.18. The van der Waals surface area contributed by atoms with Crippen LogP contribution in [0.1, 0.15) is 11.3 Å². The van der Waals surface area contributed by atoms with Gasteiger partial charge in [0.05, 0.1) is 10.8 Å². The van der Waals surface area contributed by atoms with Gasteiger partial charge in [-0.2, -0.15) is 0 Å². The Hall–Kier alpha value is -0.930. The second-order valence-corrected chi connectivity index (χ2v) is 5.09. The fraction of sp³-hybridized carbons (Fsp3) is 0.0909. The highest BCUT2D eigenvalue weighted by molar-refractivity contribution is 7.91. The minimum atomic E-state index is -0.867. The van der Waals surface area contributed by atoms with E-state index < -0.39 is 10.8 Å². The summed E-state index contributed by atoms with van der Waals surface area (Å²) in [6.07, 6.45) is 6.99. The van der Waals surface area contributed by atoms with Crippen LogP contribution in [0.3, 0.4) is 0 Å². The molecule has 1 aliphatic rings. The van der Waals surface area contributed by atoms with Gasteiger partial charge in [-0.05, 0) is 35.6 Å². The number of hydrogen-bond donors (Lipinski definition) is 0. The second-order valence-electron chi connectivity index (χ2n) is 2.95. The predicted octanol–water partition coefficient (Wildman–Crippen LogP) is 3.31. The van der Waals surface area contributed by atoms with Gasteiger partial charge in [-0.3, -0.25) is 4.21 Å². The Balaban J connectivity index is 1.92. The molecule has 1 aromatic rings. The van der Waals surface area contributed by atoms with E-state index in [1.807, 2.05) is 12.1 Å². The Morgan fingerprint density at radius 2 is 2.43 bits per heavy atom. The number of rotatable bonds is 3. The first kappa shape index (κ1) is 9.62. The van der Waals surface area contributed by atoms with Gasteiger partial charge in [-0.1, -0.05) is 12.1 Å². The zero-order chi connectivity index (χ0) is 9.80. The van der Waals surface area contributed by atoms with Crippen molar-refractivity contribution in [3.8, 4) is 0 Å². The molecule has 0 saturated carbocycles. The molecule has 2 heterocycles. The monoisotopic (exact) mass is 222 g/mol. The van der Waals surface area contributed by atoms with Crippen LogP contribution in [0.2, 0.25) is 0 Å². The third-order valence-electron chi connectivity index (χ3n) is 1.86. The number of thiophene rings is 1. The lowest BCUT2D eigenvalue weighted by Crippen LogP contribution is -1.71. The molecular weight excluding hydrogens is 212 g/mol. The normalized spacial score (nSPS) is 20.6. The largest absolute Gasteiger partial charge is 0.250 e. The van der Waals surface area contributed by atoms with E-state index in [4.69, 9.17) is 0 Å². The molecule has 0 aromatic carbocycles. The minimum absolute atomic E-state index is 0.861. The summed E-state index contributed by atoms with van der Waals surface area (Å²) in [6.45, 7) is 0. The van der Waals surface area contributed by atoms with Crippen molar-refractivity contribution < 1.29 is 4.21 Å². The molecule has 14 heavy (non-hydrogen) atoms. The summed E-state index contributed by atoms with van der Waals surface area (Å²) in [5.41, 5.74) is 1.14. The highest BCUT2D eigenvalue weighted by Crippen LogP contribution is 2.16. The molecule has 1 atom stereocenters. The van der Waals surface area contributed by atoms with Gasteiger partial charge in [0.25, 0.3) is 0 Å². The lowest BCUT2D eigenvalue weighted by molar-refractivity contribution is 0.693. The maximum atomic E-state index is 11.0. The van der Waals surface area contributed by atoms with Crippen molar-refractivity contribution in [2.24, 2.45) is 0 Å². The van der Waals surface area contributed by atoms with Crippen molar-refractivity contribution in [3.05, 3.63) is 50.9 Å². The highest BCUT2D eigenvalue weighted by Gasteiger charge is 2.00. The summed E-state index contributed by atoms with van der Waals surface area (Å²) in [5.74, 6) is 0. The topological polar surface area (TPSA) is 17.1 Å². The van der Waals surface area contributed by atoms with Crippen molar-refractivity contribution >= 4 is 28.2 Å². The molecular formula is C11H10OS2. The first-order chi connectivity index (χ1) is 6.84. The van der Waals surface area contributed by atoms with Crippen molar-refractivity contribution in [1.29, 1.82) is 0 Å². The summed E-state index contributed by atoms with van der Waals surface area (Å²) in [6, 6.07) is 4.12. The van der Waals surface area contributed by atoms with Gasteiger partial charge in [0, 0.05) is 15.7 Å². The van der Waals surface area contributed by atoms with Gasteiger partial charge < -0.3 is 0 Å². The van der Waals surface area contributed by atoms with Gasteiger partial charge in [-0.25, -0.2) is 0 Å². The van der Waals surface area contributed by atoms with Crippen LogP contribution in [0.25, 0.3) is 6.08 Å². The standard InChI is InChI=1S/C11H10OS2/c12-14-8-6-10(9-14)3-1-4-11-5-2-7-13-11/h1-2,4-9H,3H2/b4-1+. The molecule has 0 amide bonds. The first-order valence-electron chi connectivity index (χ1n) is 4.33. The highest BCUT2D eigenvalue weighted by atomic mass is 32.2. The van der Waals surface area contributed by atoms with Crippen LogP contribution in [0.4, 0.5) is 0 Å². The average Bonchev–Trinajstić information content (AvgIpc) is 2.77. The van der Waals surface area contributed by atoms with E-state index in [1.54, 1.807) is 22.2 Å². The predicted molar refractivity (Wildman–Crippen MR) is 63.3 cm³/mol. The van der Waals surface area contributed by atoms with Gasteiger partial charge in [0.15, 0.2) is 0 Å². The first-order valence-corrected chi connectivity index (χ1v) is 6.48. The molecule has 0 bridgehead atoms. The van der Waals surface area contributed by atoms with Crippen molar-refractivity contribution in [3.63, 3.8) is 0 Å². The van der Waals surface area contributed by atoms with Gasteiger partial charge in [0.1, 0.15) is 0 Å². The SMILES string of the molecule is O=S1C=CC(C/C=C/c2cccs2)=C1. The van der Waals surface area contributed by atoms with Crippen LogP contribution in [-0.4, -0.2) is 4.21 Å². The van der Waals surface area contributed by atoms with Crippen LogP contribution < -0.4 is 0 Å². The summed E-state index contributed by atoms with van der Waals surface area (Å²) in [5, 5.41) is 5.57. The summed E-state index contributed by atoms with van der Waals surface area (Å²) >= 11 is 1.72. The average molecular weight is 222 g/mol. The van der Waals surface area contributed by atoms with E-state index in [1.165, 1.54) is 4.88 Å². The Labute approximate surface area is 89.9 Å². The van der Waals surface area contributed by atoms with Crippen LogP contribution >= 0.6 is 11.3 Å². The Morgan fingerprint density at radius 1 is 1.50 bits per heavy atom. The minimum Gasteiger partial charge on any atom is -0.250 e. The lowest BCUT2D eigenvalue weighted by Gasteiger charge is -1.89. The molecule has 3 heteroatoms. The van der Waals surface area contributed by atoms with Gasteiger partial charge in [-0.15, -0.1) is 11.3 Å². The fourth-order valence-corrected chi connectivity index (χ4v) is 2.70. The van der Waals surface area contributed by atoms with Crippen LogP contribution in [0.5, 0.6) is 0 Å². The quantitative estimate of drug-likeness (QED) is 0.767. The third-order valence-corrected chi connectivity index (χ3v) is 3.64. The van der Waals surface area contributed by atoms with Crippen molar-refractivity contribution in [2.75, 3.05) is 0 Å². The molecule has 2 rings (SSSR count). The Morgan fingerprint density at radius 3 is 3.07 bits per heavy atom. The number of hydrogen-bond acceptors (Lipinski definition) is 2. The van der Waals surface area contributed by atoms with E-state index >= 15 is 0 Å². The Bertz CT molecular complexity index is 411. The Kier molecular flexibility index (Phi) is 3.11. The van der Waals surface area contributed by atoms with Gasteiger partial charge >= 0.3 is 0 Å². The molecule has 72 valence electrons. The summed E-state index contributed by atoms with van der Waals surface area (Å²) in [4.78, 5) is 1.26. The third kappa shape index (κ3) is 2.53. The maximum absolute atomic E-state index is 11.0. The molecule has 1 aromatic heterocycles. The molecule has 0 N–H and O–H groups in total. The van der Waals surface area contributed by atoms with Crippen LogP contribution in [0, 0.1) is 0 Å². The maximum Gasteiger partial charge on any atom is 0.0705 e. The van der Waals surface area contributed by atoms with Crippen molar-refractivity contribution in [2.45, 2.75) is 6.42 Å². The molecule has 1 unspecified atom stereocenters. The van der Waals surface area contributed by atoms with E-state index in [2.05, 4.69) is 23.6 Å². The molecule has 0 spiro atoms. The molecule has 0 fully saturated rings. The lowest BCUT2D eigenvalue weighted by atomic mass is 10.2. The van der Waals surface area contributed by atoms with E-state index in [-0.39, 0.29) is 0 Å². The van der Waals surface area contributed by atoms with Crippen molar-refractivity contribution in [1.82, 2.24) is 0 Å². The van der Waals surface area contributed by atoms with E-state index in [0.717, 1.165) is 12.0 Å². The molecule has 1 nitrogen and oxygen atoms in total. The smallest absolute Gasteiger partial charge is 0.0705 e. The molecule has 0 radical (unpaired) electrons. The van der Waals surface area contributed by atoms with E-state index in [0.29, 0.717) is 0 Å². The summed E-state index contributed by atoms with van der Waals surface area (Å²) in [7, 11) is -0.867. The zero-order valence-electron chi connectivity index (χ0n) is 7.55. The number of allylic oxidation sites excluding steroid dienone is 3. The second kappa shape index (κ2) is 4.53. The summed E-state index contributed by atoms with van der Waals surface area (Å²) < 4.78 is 11.0. The fourth-order valence-electron chi connectivity index (χ4n) is 1.20. The van der Waals surface area contributed by atoms with Crippen LogP contribution in [-0.2, 0) is 10.8 Å². The molecule has 1 aliphatic heterocycles. The van der Waals surface area contributed by atoms with E-state index in [9.17, 15) is 4.21 Å².